The van der Waals surface area contributed by atoms with Crippen molar-refractivity contribution < 1.29 is 19.1 Å². The number of hydrogen-bond donors (Lipinski definition) is 1. The van der Waals surface area contributed by atoms with Crippen LogP contribution in [0.4, 0.5) is 4.79 Å². The molecule has 0 spiro atoms. The Balaban J connectivity index is 3.85. The molecule has 0 aromatic heterocycles. The van der Waals surface area contributed by atoms with Crippen LogP contribution in [0.5, 0.6) is 0 Å². The summed E-state index contributed by atoms with van der Waals surface area (Å²) in [5.74, 6) is -0.326. The number of esters is 1. The summed E-state index contributed by atoms with van der Waals surface area (Å²) < 4.78 is 10.5. The fourth-order valence-electron chi connectivity index (χ4n) is 3.62. The third kappa shape index (κ3) is 20.4. The molecule has 0 aliphatic carbocycles. The standard InChI is InChI=1S/C26H51NO4/c1-4-7-9-11-12-13-14-15-16-17-18-20-23-30-25(28)24(21-19-10-8-5-2)27-26(29)31-22-6-3/h24H,4-23H2,1-3H3,(H,27,29). The molecule has 1 unspecified atom stereocenters. The van der Waals surface area contributed by atoms with Crippen LogP contribution in [0, 0.1) is 0 Å². The van der Waals surface area contributed by atoms with E-state index in [0.717, 1.165) is 44.9 Å². The molecule has 5 nitrogen and oxygen atoms in total. The lowest BCUT2D eigenvalue weighted by Crippen LogP contribution is -2.42. The molecule has 184 valence electrons. The van der Waals surface area contributed by atoms with E-state index >= 15 is 0 Å². The van der Waals surface area contributed by atoms with Gasteiger partial charge >= 0.3 is 12.1 Å². The second-order valence-corrected chi connectivity index (χ2v) is 8.74. The Kier molecular flexibility index (Phi) is 22.5. The van der Waals surface area contributed by atoms with Gasteiger partial charge in [-0.15, -0.1) is 0 Å². The number of carbonyl (C=O) groups is 2. The Morgan fingerprint density at radius 1 is 0.581 bits per heavy atom. The quantitative estimate of drug-likeness (QED) is 0.138. The maximum Gasteiger partial charge on any atom is 0.407 e. The average Bonchev–Trinajstić information content (AvgIpc) is 2.77. The Hall–Kier alpha value is -1.26. The van der Waals surface area contributed by atoms with E-state index in [1.807, 2.05) is 6.92 Å². The van der Waals surface area contributed by atoms with Crippen LogP contribution in [0.25, 0.3) is 0 Å². The van der Waals surface area contributed by atoms with Gasteiger partial charge in [0.05, 0.1) is 13.2 Å². The highest BCUT2D eigenvalue weighted by molar-refractivity contribution is 5.81. The molecular formula is C26H51NO4. The second kappa shape index (κ2) is 23.4. The van der Waals surface area contributed by atoms with Crippen LogP contribution in [0.3, 0.4) is 0 Å². The smallest absolute Gasteiger partial charge is 0.407 e. The molecule has 0 aliphatic rings. The molecule has 0 saturated carbocycles. The fraction of sp³-hybridized carbons (Fsp3) is 0.923. The summed E-state index contributed by atoms with van der Waals surface area (Å²) in [6, 6.07) is -0.599. The zero-order chi connectivity index (χ0) is 23.0. The Bertz CT molecular complexity index is 414. The predicted octanol–water partition coefficient (Wildman–Crippen LogP) is 7.71. The van der Waals surface area contributed by atoms with Crippen LogP contribution < -0.4 is 5.32 Å². The number of hydrogen-bond acceptors (Lipinski definition) is 4. The summed E-state index contributed by atoms with van der Waals surface area (Å²) in [4.78, 5) is 24.3. The maximum absolute atomic E-state index is 12.4. The van der Waals surface area contributed by atoms with Crippen molar-refractivity contribution in [1.29, 1.82) is 0 Å². The molecule has 0 heterocycles. The number of nitrogens with one attached hydrogen (secondary N) is 1. The van der Waals surface area contributed by atoms with Gasteiger partial charge in [0.15, 0.2) is 0 Å². The van der Waals surface area contributed by atoms with Gasteiger partial charge in [0.2, 0.25) is 0 Å². The molecule has 0 rings (SSSR count). The molecule has 1 N–H and O–H groups in total. The van der Waals surface area contributed by atoms with Crippen molar-refractivity contribution in [3.63, 3.8) is 0 Å². The first-order valence-electron chi connectivity index (χ1n) is 13.3. The third-order valence-electron chi connectivity index (χ3n) is 5.60. The van der Waals surface area contributed by atoms with Gasteiger partial charge in [-0.05, 0) is 19.3 Å². The van der Waals surface area contributed by atoms with Crippen molar-refractivity contribution in [2.24, 2.45) is 0 Å². The van der Waals surface area contributed by atoms with Gasteiger partial charge in [-0.1, -0.05) is 117 Å². The van der Waals surface area contributed by atoms with E-state index in [9.17, 15) is 9.59 Å². The molecule has 0 radical (unpaired) electrons. The summed E-state index contributed by atoms with van der Waals surface area (Å²) in [6.45, 7) is 7.16. The molecular weight excluding hydrogens is 390 g/mol. The molecule has 0 bridgehead atoms. The van der Waals surface area contributed by atoms with Crippen molar-refractivity contribution in [2.45, 2.75) is 142 Å². The second-order valence-electron chi connectivity index (χ2n) is 8.74. The van der Waals surface area contributed by atoms with Crippen molar-refractivity contribution in [1.82, 2.24) is 5.32 Å². The monoisotopic (exact) mass is 441 g/mol. The SMILES string of the molecule is CCCCCCCCCCCCCCOC(=O)C(CCCCCC)NC(=O)OCCC. The summed E-state index contributed by atoms with van der Waals surface area (Å²) in [5.41, 5.74) is 0. The van der Waals surface area contributed by atoms with E-state index in [-0.39, 0.29) is 5.97 Å². The predicted molar refractivity (Wildman–Crippen MR) is 129 cm³/mol. The largest absolute Gasteiger partial charge is 0.464 e. The average molecular weight is 442 g/mol. The Morgan fingerprint density at radius 2 is 1.06 bits per heavy atom. The number of unbranched alkanes of at least 4 members (excludes halogenated alkanes) is 14. The molecule has 0 aliphatic heterocycles. The molecule has 0 saturated heterocycles. The molecule has 0 aromatic carbocycles. The maximum atomic E-state index is 12.4. The molecule has 1 atom stereocenters. The van der Waals surface area contributed by atoms with E-state index in [1.54, 1.807) is 0 Å². The van der Waals surface area contributed by atoms with Crippen molar-refractivity contribution in [3.8, 4) is 0 Å². The van der Waals surface area contributed by atoms with Crippen LogP contribution in [0.2, 0.25) is 0 Å². The van der Waals surface area contributed by atoms with E-state index in [2.05, 4.69) is 19.2 Å². The first kappa shape index (κ1) is 29.7. The Labute approximate surface area is 192 Å². The highest BCUT2D eigenvalue weighted by atomic mass is 16.6. The minimum Gasteiger partial charge on any atom is -0.464 e. The van der Waals surface area contributed by atoms with Crippen LogP contribution >= 0.6 is 0 Å². The minimum absolute atomic E-state index is 0.326. The van der Waals surface area contributed by atoms with E-state index < -0.39 is 12.1 Å². The third-order valence-corrected chi connectivity index (χ3v) is 5.60. The van der Waals surface area contributed by atoms with Gasteiger partial charge in [-0.3, -0.25) is 0 Å². The molecule has 5 heteroatoms. The van der Waals surface area contributed by atoms with E-state index in [0.29, 0.717) is 19.6 Å². The van der Waals surface area contributed by atoms with Gasteiger partial charge in [0, 0.05) is 0 Å². The molecule has 31 heavy (non-hydrogen) atoms. The van der Waals surface area contributed by atoms with Gasteiger partial charge in [0.1, 0.15) is 6.04 Å². The molecule has 0 aromatic rings. The van der Waals surface area contributed by atoms with Crippen LogP contribution in [0.1, 0.15) is 136 Å². The lowest BCUT2D eigenvalue weighted by atomic mass is 10.1. The number of rotatable bonds is 22. The van der Waals surface area contributed by atoms with Gasteiger partial charge < -0.3 is 14.8 Å². The highest BCUT2D eigenvalue weighted by Gasteiger charge is 2.22. The number of alkyl carbamates (subject to hydrolysis) is 1. The van der Waals surface area contributed by atoms with Gasteiger partial charge in [0.25, 0.3) is 0 Å². The van der Waals surface area contributed by atoms with E-state index in [1.165, 1.54) is 64.2 Å². The summed E-state index contributed by atoms with van der Waals surface area (Å²) >= 11 is 0. The number of ether oxygens (including phenoxy) is 2. The Morgan fingerprint density at radius 3 is 1.58 bits per heavy atom. The zero-order valence-corrected chi connectivity index (χ0v) is 20.9. The molecule has 1 amide bonds. The topological polar surface area (TPSA) is 64.6 Å². The van der Waals surface area contributed by atoms with Crippen LogP contribution in [-0.2, 0) is 14.3 Å². The van der Waals surface area contributed by atoms with Crippen molar-refractivity contribution in [2.75, 3.05) is 13.2 Å². The zero-order valence-electron chi connectivity index (χ0n) is 20.9. The van der Waals surface area contributed by atoms with Gasteiger partial charge in [-0.2, -0.15) is 0 Å². The van der Waals surface area contributed by atoms with Crippen molar-refractivity contribution >= 4 is 12.1 Å². The first-order valence-corrected chi connectivity index (χ1v) is 13.3. The first-order chi connectivity index (χ1) is 15.2. The number of carbonyl (C=O) groups excluding carboxylic acids is 2. The highest BCUT2D eigenvalue weighted by Crippen LogP contribution is 2.12. The lowest BCUT2D eigenvalue weighted by molar-refractivity contribution is -0.146. The summed E-state index contributed by atoms with van der Waals surface area (Å²) in [5, 5.41) is 2.69. The molecule has 0 fully saturated rings. The number of amides is 1. The minimum atomic E-state index is -0.599. The van der Waals surface area contributed by atoms with Gasteiger partial charge in [-0.25, -0.2) is 9.59 Å². The normalized spacial score (nSPS) is 11.8. The summed E-state index contributed by atoms with van der Waals surface area (Å²) in [6.07, 6.45) is 20.5. The lowest BCUT2D eigenvalue weighted by Gasteiger charge is -2.17. The van der Waals surface area contributed by atoms with E-state index in [4.69, 9.17) is 9.47 Å². The van der Waals surface area contributed by atoms with Crippen LogP contribution in [-0.4, -0.2) is 31.3 Å². The van der Waals surface area contributed by atoms with Crippen LogP contribution in [0.15, 0.2) is 0 Å². The fourth-order valence-corrected chi connectivity index (χ4v) is 3.62. The summed E-state index contributed by atoms with van der Waals surface area (Å²) in [7, 11) is 0. The van der Waals surface area contributed by atoms with Crippen molar-refractivity contribution in [3.05, 3.63) is 0 Å².